The molecule has 10 nitrogen and oxygen atoms in total. The van der Waals surface area contributed by atoms with Crippen LogP contribution in [-0.4, -0.2) is 49.5 Å². The molecule has 0 radical (unpaired) electrons. The van der Waals surface area contributed by atoms with Gasteiger partial charge in [0, 0.05) is 29.7 Å². The molecular weight excluding hydrogens is 400 g/mol. The van der Waals surface area contributed by atoms with E-state index >= 15 is 0 Å². The Morgan fingerprint density at radius 2 is 1.06 bits per heavy atom. The quantitative estimate of drug-likeness (QED) is 0.636. The summed E-state index contributed by atoms with van der Waals surface area (Å²) in [5.74, 6) is 0. The largest absolute Gasteiger partial charge is 0.457 e. The SMILES string of the molecule is O=C1N2CC3(CN2C(=O)[N+]1(c1ccccc1)c1ccccc1)Cn1c(=O)[nH]c(=O)n1C3. The monoisotopic (exact) mass is 419 g/mol. The Balaban J connectivity index is 1.44. The molecule has 6 rings (SSSR count). The number of aromatic nitrogens is 3. The highest BCUT2D eigenvalue weighted by Gasteiger charge is 2.68. The number of H-pyrrole nitrogens is 1. The topological polar surface area (TPSA) is 100 Å². The van der Waals surface area contributed by atoms with Crippen molar-refractivity contribution in [1.29, 1.82) is 0 Å². The van der Waals surface area contributed by atoms with Crippen LogP contribution in [-0.2, 0) is 13.1 Å². The van der Waals surface area contributed by atoms with Crippen LogP contribution in [0.25, 0.3) is 0 Å². The maximum absolute atomic E-state index is 13.9. The van der Waals surface area contributed by atoms with Crippen LogP contribution in [0.1, 0.15) is 0 Å². The second kappa shape index (κ2) is 5.82. The Morgan fingerprint density at radius 3 is 1.48 bits per heavy atom. The van der Waals surface area contributed by atoms with Crippen LogP contribution in [0, 0.1) is 5.41 Å². The summed E-state index contributed by atoms with van der Waals surface area (Å²) in [4.78, 5) is 54.1. The van der Waals surface area contributed by atoms with Crippen molar-refractivity contribution in [1.82, 2.24) is 28.8 Å². The molecule has 0 atom stereocenters. The Kier molecular flexibility index (Phi) is 3.36. The summed E-state index contributed by atoms with van der Waals surface area (Å²) in [6.45, 7) is 1.05. The van der Waals surface area contributed by atoms with Gasteiger partial charge in [0.25, 0.3) is 0 Å². The van der Waals surface area contributed by atoms with E-state index in [-0.39, 0.29) is 38.2 Å². The van der Waals surface area contributed by atoms with Gasteiger partial charge in [-0.2, -0.15) is 10.0 Å². The van der Waals surface area contributed by atoms with E-state index in [0.29, 0.717) is 11.4 Å². The highest BCUT2D eigenvalue weighted by atomic mass is 16.3. The molecule has 3 aliphatic rings. The normalized spacial score (nSPS) is 20.5. The first kappa shape index (κ1) is 17.9. The third-order valence-electron chi connectivity index (χ3n) is 6.51. The van der Waals surface area contributed by atoms with E-state index in [0.717, 1.165) is 0 Å². The van der Waals surface area contributed by atoms with Crippen molar-refractivity contribution in [2.75, 3.05) is 13.1 Å². The molecule has 4 heterocycles. The average molecular weight is 419 g/mol. The van der Waals surface area contributed by atoms with Crippen molar-refractivity contribution in [2.45, 2.75) is 13.1 Å². The van der Waals surface area contributed by atoms with Crippen molar-refractivity contribution in [3.05, 3.63) is 81.6 Å². The lowest BCUT2D eigenvalue weighted by Crippen LogP contribution is -2.53. The minimum Gasteiger partial charge on any atom is -0.257 e. The molecule has 1 N–H and O–H groups in total. The Hall–Kier alpha value is -3.92. The number of carbonyl (C=O) groups excluding carboxylic acids is 2. The van der Waals surface area contributed by atoms with Crippen LogP contribution in [0.3, 0.4) is 0 Å². The van der Waals surface area contributed by atoms with Gasteiger partial charge in [0.2, 0.25) is 0 Å². The van der Waals surface area contributed by atoms with Gasteiger partial charge in [0.1, 0.15) is 0 Å². The first-order valence-electron chi connectivity index (χ1n) is 10.0. The number of aromatic amines is 1. The molecule has 3 aliphatic heterocycles. The third kappa shape index (κ3) is 2.14. The second-order valence-electron chi connectivity index (χ2n) is 8.37. The second-order valence-corrected chi connectivity index (χ2v) is 8.37. The van der Waals surface area contributed by atoms with E-state index in [1.807, 2.05) is 36.4 Å². The molecule has 0 unspecified atom stereocenters. The van der Waals surface area contributed by atoms with Crippen LogP contribution < -0.4 is 15.9 Å². The molecule has 0 saturated carbocycles. The van der Waals surface area contributed by atoms with Gasteiger partial charge in [-0.15, -0.1) is 0 Å². The smallest absolute Gasteiger partial charge is 0.257 e. The summed E-state index contributed by atoms with van der Waals surface area (Å²) in [7, 11) is 0. The number of hydrogen-bond acceptors (Lipinski definition) is 4. The lowest BCUT2D eigenvalue weighted by molar-refractivity contribution is 0.125. The van der Waals surface area contributed by atoms with Crippen molar-refractivity contribution < 1.29 is 9.59 Å². The van der Waals surface area contributed by atoms with Gasteiger partial charge in [0.05, 0.1) is 26.2 Å². The average Bonchev–Trinajstić information content (AvgIpc) is 3.47. The molecule has 2 saturated heterocycles. The minimum atomic E-state index is -0.567. The summed E-state index contributed by atoms with van der Waals surface area (Å²) in [6.07, 6.45) is 0. The number of urea groups is 2. The van der Waals surface area contributed by atoms with E-state index < -0.39 is 21.3 Å². The molecule has 3 aromatic rings. The van der Waals surface area contributed by atoms with Gasteiger partial charge in [-0.3, -0.25) is 4.98 Å². The van der Waals surface area contributed by atoms with Gasteiger partial charge >= 0.3 is 23.4 Å². The number of fused-ring (bicyclic) bond motifs is 2. The zero-order chi connectivity index (χ0) is 21.4. The molecule has 10 heteroatoms. The Morgan fingerprint density at radius 1 is 0.645 bits per heavy atom. The maximum atomic E-state index is 13.9. The van der Waals surface area contributed by atoms with Crippen molar-refractivity contribution in [3.8, 4) is 0 Å². The van der Waals surface area contributed by atoms with Crippen LogP contribution in [0.5, 0.6) is 0 Å². The molecule has 0 bridgehead atoms. The van der Waals surface area contributed by atoms with Gasteiger partial charge in [-0.25, -0.2) is 28.5 Å². The highest BCUT2D eigenvalue weighted by molar-refractivity contribution is 6.17. The number of nitrogens with zero attached hydrogens (tertiary/aromatic N) is 5. The van der Waals surface area contributed by atoms with E-state index in [4.69, 9.17) is 0 Å². The molecule has 0 aliphatic carbocycles. The van der Waals surface area contributed by atoms with E-state index in [9.17, 15) is 19.2 Å². The van der Waals surface area contributed by atoms with Crippen molar-refractivity contribution in [3.63, 3.8) is 0 Å². The van der Waals surface area contributed by atoms with Gasteiger partial charge in [0.15, 0.2) is 11.4 Å². The number of imide groups is 1. The lowest BCUT2D eigenvalue weighted by Gasteiger charge is -2.28. The third-order valence-corrected chi connectivity index (χ3v) is 6.51. The standard InChI is InChI=1S/C21H18N6O4/c28-17-22-18(29)24-12-21(11-23(17)24)13-25-19(30)27(20(31)26(25)14-21,15-7-3-1-4-8-15)16-9-5-2-6-10-16/h1-10H,11-14H2/p+1. The summed E-state index contributed by atoms with van der Waals surface area (Å²) < 4.78 is 2.17. The highest BCUT2D eigenvalue weighted by Crippen LogP contribution is 2.47. The van der Waals surface area contributed by atoms with Crippen LogP contribution >= 0.6 is 0 Å². The molecule has 2 aromatic carbocycles. The number of rotatable bonds is 2. The predicted molar refractivity (Wildman–Crippen MR) is 110 cm³/mol. The van der Waals surface area contributed by atoms with E-state index in [1.165, 1.54) is 19.4 Å². The number of amides is 4. The summed E-state index contributed by atoms with van der Waals surface area (Å²) in [5.41, 5.74) is -0.377. The van der Waals surface area contributed by atoms with E-state index in [2.05, 4.69) is 4.98 Å². The first-order valence-corrected chi connectivity index (χ1v) is 10.0. The van der Waals surface area contributed by atoms with Gasteiger partial charge < -0.3 is 0 Å². The molecule has 156 valence electrons. The zero-order valence-electron chi connectivity index (χ0n) is 16.5. The molecule has 4 amide bonds. The fraction of sp³-hybridized carbons (Fsp3) is 0.238. The summed E-state index contributed by atoms with van der Waals surface area (Å²) in [5, 5.41) is 2.96. The lowest BCUT2D eigenvalue weighted by atomic mass is 9.90. The van der Waals surface area contributed by atoms with Crippen LogP contribution in [0.2, 0.25) is 0 Å². The fourth-order valence-electron chi connectivity index (χ4n) is 5.16. The number of carbonyl (C=O) groups is 2. The molecule has 31 heavy (non-hydrogen) atoms. The Bertz CT molecular complexity index is 1240. The Labute approximate surface area is 175 Å². The fourth-order valence-corrected chi connectivity index (χ4v) is 5.16. The predicted octanol–water partition coefficient (Wildman–Crippen LogP) is 1.46. The van der Waals surface area contributed by atoms with Crippen molar-refractivity contribution >= 4 is 23.4 Å². The maximum Gasteiger partial charge on any atom is 0.457 e. The first-order chi connectivity index (χ1) is 15.0. The molecular formula is C21H19N6O4+. The number of hydrogen-bond donors (Lipinski definition) is 1. The number of quaternary nitrogens is 1. The summed E-state index contributed by atoms with van der Waals surface area (Å²) in [6, 6.07) is 17.3. The minimum absolute atomic E-state index is 0.255. The molecule has 2 fully saturated rings. The van der Waals surface area contributed by atoms with Crippen molar-refractivity contribution in [2.24, 2.45) is 5.41 Å². The summed E-state index contributed by atoms with van der Waals surface area (Å²) >= 11 is 0. The van der Waals surface area contributed by atoms with Crippen LogP contribution in [0.15, 0.2) is 70.3 Å². The van der Waals surface area contributed by atoms with Gasteiger partial charge in [-0.05, 0) is 0 Å². The van der Waals surface area contributed by atoms with Gasteiger partial charge in [-0.1, -0.05) is 40.9 Å². The molecule has 1 aromatic heterocycles. The number of para-hydroxylation sites is 2. The van der Waals surface area contributed by atoms with Crippen LogP contribution in [0.4, 0.5) is 21.0 Å². The zero-order valence-corrected chi connectivity index (χ0v) is 16.5. The number of benzene rings is 2. The number of nitrogens with one attached hydrogen (secondary N) is 1. The van der Waals surface area contributed by atoms with E-state index in [1.54, 1.807) is 24.3 Å². The molecule has 1 spiro atoms. The number of hydrazine groups is 1.